The van der Waals surface area contributed by atoms with Gasteiger partial charge in [0.25, 0.3) is 5.31 Å². The fraction of sp³-hybridized carbons (Fsp3) is 0.200. The van der Waals surface area contributed by atoms with E-state index in [0.29, 0.717) is 5.31 Å². The second-order valence-electron chi connectivity index (χ2n) is 3.30. The monoisotopic (exact) mass is 257 g/mol. The Balaban J connectivity index is 0.00000144. The normalized spacial score (nSPS) is 14.1. The van der Waals surface area contributed by atoms with Gasteiger partial charge in [-0.3, -0.25) is 10.4 Å². The predicted octanol–water partition coefficient (Wildman–Crippen LogP) is 1.14. The smallest absolute Gasteiger partial charge is 0.412 e. The molecule has 17 heavy (non-hydrogen) atoms. The first-order chi connectivity index (χ1) is 7.72. The Hall–Kier alpha value is -1.46. The summed E-state index contributed by atoms with van der Waals surface area (Å²) in [6.45, 7) is -0.550. The minimum absolute atomic E-state index is 0. The van der Waals surface area contributed by atoms with Crippen LogP contribution in [0.3, 0.4) is 0 Å². The Morgan fingerprint density at radius 3 is 2.88 bits per heavy atom. The van der Waals surface area contributed by atoms with E-state index in [1.165, 1.54) is 0 Å². The molecule has 0 spiro atoms. The third-order valence-corrected chi connectivity index (χ3v) is 3.29. The highest BCUT2D eigenvalue weighted by molar-refractivity contribution is 7.51. The maximum atomic E-state index is 11.7. The third kappa shape index (κ3) is 2.81. The van der Waals surface area contributed by atoms with Crippen LogP contribution >= 0.6 is 8.03 Å². The number of fused-ring (bicyclic) bond motifs is 1. The van der Waals surface area contributed by atoms with Crippen molar-refractivity contribution < 1.29 is 19.7 Å². The van der Waals surface area contributed by atoms with E-state index in [2.05, 4.69) is 5.43 Å². The zero-order valence-corrected chi connectivity index (χ0v) is 10.1. The maximum Gasteiger partial charge on any atom is 0.553 e. The third-order valence-electron chi connectivity index (χ3n) is 2.19. The minimum atomic E-state index is -2.03. The molecule has 1 aliphatic rings. The summed E-state index contributed by atoms with van der Waals surface area (Å²) in [4.78, 5) is 0. The first-order valence-corrected chi connectivity index (χ1v) is 5.92. The zero-order valence-electron chi connectivity index (χ0n) is 9.25. The molecule has 1 unspecified atom stereocenters. The molecule has 4 N–H and O–H groups in total. The molecule has 7 heteroatoms. The lowest BCUT2D eigenvalue weighted by molar-refractivity contribution is 0.109. The Morgan fingerprint density at radius 1 is 1.47 bits per heavy atom. The van der Waals surface area contributed by atoms with Crippen LogP contribution in [0.4, 0.5) is 5.69 Å². The van der Waals surface area contributed by atoms with Gasteiger partial charge in [0.2, 0.25) is 0 Å². The maximum absolute atomic E-state index is 11.7. The molecule has 0 amide bonds. The molecule has 0 radical (unpaired) electrons. The van der Waals surface area contributed by atoms with Gasteiger partial charge in [-0.2, -0.15) is 0 Å². The summed E-state index contributed by atoms with van der Waals surface area (Å²) in [6.07, 6.45) is 1.69. The van der Waals surface area contributed by atoms with Gasteiger partial charge in [-0.25, -0.2) is 0 Å². The van der Waals surface area contributed by atoms with Crippen LogP contribution in [0, 0.1) is 0 Å². The van der Waals surface area contributed by atoms with E-state index in [1.807, 2.05) is 24.3 Å². The number of hydrogen-bond donors (Lipinski definition) is 2. The summed E-state index contributed by atoms with van der Waals surface area (Å²) < 4.78 is 16.5. The second-order valence-corrected chi connectivity index (χ2v) is 4.55. The Morgan fingerprint density at radius 2 is 2.18 bits per heavy atom. The van der Waals surface area contributed by atoms with E-state index in [0.717, 1.165) is 11.3 Å². The molecule has 1 aromatic rings. The van der Waals surface area contributed by atoms with Crippen molar-refractivity contribution in [3.63, 3.8) is 0 Å². The van der Waals surface area contributed by atoms with Gasteiger partial charge in [0.05, 0.1) is 17.5 Å². The van der Waals surface area contributed by atoms with E-state index in [1.54, 1.807) is 18.3 Å². The summed E-state index contributed by atoms with van der Waals surface area (Å²) in [5, 5.41) is 10.9. The number of hydrogen-bond acceptors (Lipinski definition) is 5. The van der Waals surface area contributed by atoms with Crippen molar-refractivity contribution in [1.82, 2.24) is 5.01 Å². The molecule has 0 aromatic heterocycles. The van der Waals surface area contributed by atoms with Crippen LogP contribution in [-0.2, 0) is 9.09 Å². The number of aliphatic hydroxyl groups is 1. The molecular weight excluding hydrogens is 243 g/mol. The summed E-state index contributed by atoms with van der Waals surface area (Å²) in [5.41, 5.74) is 4.79. The Labute approximate surface area is 99.7 Å². The highest BCUT2D eigenvalue weighted by Gasteiger charge is 2.32. The van der Waals surface area contributed by atoms with Crippen molar-refractivity contribution in [2.45, 2.75) is 0 Å². The number of benzene rings is 1. The van der Waals surface area contributed by atoms with Crippen LogP contribution in [-0.4, -0.2) is 29.4 Å². The fourth-order valence-electron chi connectivity index (χ4n) is 1.55. The number of para-hydroxylation sites is 1. The standard InChI is InChI=1S/C10H12N2O3P.H2O/c1-12-6-10(16(14)15-7-13)8-4-2-3-5-9(8)11-12;/h2-6,11,13H,7H2,1H3;1H2/q+1;. The molecule has 0 aliphatic carbocycles. The van der Waals surface area contributed by atoms with Crippen LogP contribution in [0.25, 0.3) is 5.31 Å². The van der Waals surface area contributed by atoms with Crippen molar-refractivity contribution in [1.29, 1.82) is 0 Å². The lowest BCUT2D eigenvalue weighted by Crippen LogP contribution is -2.23. The topological polar surface area (TPSA) is 93.3 Å². The summed E-state index contributed by atoms with van der Waals surface area (Å²) in [6, 6.07) is 7.50. The SMILES string of the molecule is CN1C=C([P+](=O)OCO)c2ccccc2N1.O. The van der Waals surface area contributed by atoms with E-state index in [4.69, 9.17) is 9.63 Å². The average molecular weight is 257 g/mol. The lowest BCUT2D eigenvalue weighted by atomic mass is 10.1. The molecule has 2 rings (SSSR count). The van der Waals surface area contributed by atoms with Crippen LogP contribution in [0.5, 0.6) is 0 Å². The number of hydrazine groups is 1. The zero-order chi connectivity index (χ0) is 11.5. The Kier molecular flexibility index (Phi) is 4.60. The number of anilines is 1. The van der Waals surface area contributed by atoms with Crippen molar-refractivity contribution >= 4 is 19.0 Å². The molecular formula is C10H14N2O4P+. The van der Waals surface area contributed by atoms with Crippen LogP contribution in [0.1, 0.15) is 5.56 Å². The van der Waals surface area contributed by atoms with Gasteiger partial charge in [0.15, 0.2) is 6.79 Å². The van der Waals surface area contributed by atoms with Gasteiger partial charge >= 0.3 is 8.03 Å². The van der Waals surface area contributed by atoms with Crippen molar-refractivity contribution in [3.05, 3.63) is 36.0 Å². The largest absolute Gasteiger partial charge is 0.553 e. The van der Waals surface area contributed by atoms with Crippen LogP contribution in [0.2, 0.25) is 0 Å². The molecule has 6 nitrogen and oxygen atoms in total. The molecule has 1 heterocycles. The number of rotatable bonds is 3. The van der Waals surface area contributed by atoms with E-state index in [9.17, 15) is 4.57 Å². The fourth-order valence-corrected chi connectivity index (χ4v) is 2.45. The molecule has 0 bridgehead atoms. The molecule has 1 atom stereocenters. The highest BCUT2D eigenvalue weighted by Crippen LogP contribution is 2.45. The number of aliphatic hydroxyl groups excluding tert-OH is 1. The summed E-state index contributed by atoms with van der Waals surface area (Å²) >= 11 is 0. The second kappa shape index (κ2) is 5.75. The van der Waals surface area contributed by atoms with E-state index >= 15 is 0 Å². The molecule has 92 valence electrons. The molecule has 0 fully saturated rings. The average Bonchev–Trinajstić information content (AvgIpc) is 2.28. The summed E-state index contributed by atoms with van der Waals surface area (Å²) in [7, 11) is -0.229. The van der Waals surface area contributed by atoms with Crippen LogP contribution < -0.4 is 5.43 Å². The Bertz CT molecular complexity index is 450. The molecule has 0 saturated carbocycles. The minimum Gasteiger partial charge on any atom is -0.412 e. The summed E-state index contributed by atoms with van der Waals surface area (Å²) in [5.74, 6) is 0. The van der Waals surface area contributed by atoms with Crippen molar-refractivity contribution in [2.24, 2.45) is 0 Å². The van der Waals surface area contributed by atoms with Crippen LogP contribution in [0.15, 0.2) is 30.5 Å². The van der Waals surface area contributed by atoms with Gasteiger partial charge in [-0.15, -0.1) is 4.52 Å². The molecule has 1 aromatic carbocycles. The molecule has 0 saturated heterocycles. The lowest BCUT2D eigenvalue weighted by Gasteiger charge is -2.22. The van der Waals surface area contributed by atoms with Crippen molar-refractivity contribution in [3.8, 4) is 0 Å². The van der Waals surface area contributed by atoms with E-state index in [-0.39, 0.29) is 5.48 Å². The highest BCUT2D eigenvalue weighted by atomic mass is 31.1. The van der Waals surface area contributed by atoms with E-state index < -0.39 is 14.8 Å². The predicted molar refractivity (Wildman–Crippen MR) is 65.2 cm³/mol. The van der Waals surface area contributed by atoms with Gasteiger partial charge in [-0.05, 0) is 16.7 Å². The van der Waals surface area contributed by atoms with Gasteiger partial charge in [-0.1, -0.05) is 12.1 Å². The first-order valence-electron chi connectivity index (χ1n) is 4.74. The quantitative estimate of drug-likeness (QED) is 0.625. The number of nitrogens with zero attached hydrogens (tertiary/aromatic N) is 1. The number of nitrogens with one attached hydrogen (secondary N) is 1. The molecule has 1 aliphatic heterocycles. The van der Waals surface area contributed by atoms with Crippen molar-refractivity contribution in [2.75, 3.05) is 19.3 Å². The van der Waals surface area contributed by atoms with Gasteiger partial charge in [0, 0.05) is 7.05 Å². The first kappa shape index (κ1) is 13.6. The van der Waals surface area contributed by atoms with Gasteiger partial charge in [0.1, 0.15) is 0 Å². The van der Waals surface area contributed by atoms with Gasteiger partial charge < -0.3 is 10.6 Å².